The van der Waals surface area contributed by atoms with Crippen molar-refractivity contribution in [2.75, 3.05) is 19.7 Å². The second kappa shape index (κ2) is 7.79. The number of aliphatic carboxylic acids is 1. The lowest BCUT2D eigenvalue weighted by molar-refractivity contribution is -0.159. The van der Waals surface area contributed by atoms with Crippen LogP contribution >= 0.6 is 0 Å². The van der Waals surface area contributed by atoms with Crippen LogP contribution in [0.25, 0.3) is 0 Å². The van der Waals surface area contributed by atoms with E-state index in [0.29, 0.717) is 25.3 Å². The number of carboxylic acids is 1. The van der Waals surface area contributed by atoms with Gasteiger partial charge in [-0.3, -0.25) is 9.48 Å². The van der Waals surface area contributed by atoms with Gasteiger partial charge in [-0.05, 0) is 31.7 Å². The predicted molar refractivity (Wildman–Crippen MR) is 88.8 cm³/mol. The molecular formula is C17H27N3O4. The van der Waals surface area contributed by atoms with Crippen molar-refractivity contribution in [3.8, 4) is 0 Å². The van der Waals surface area contributed by atoms with Crippen molar-refractivity contribution in [3.63, 3.8) is 0 Å². The summed E-state index contributed by atoms with van der Waals surface area (Å²) in [6, 6.07) is 0. The Labute approximate surface area is 142 Å². The van der Waals surface area contributed by atoms with Crippen LogP contribution in [0.1, 0.15) is 37.2 Å². The van der Waals surface area contributed by atoms with Gasteiger partial charge in [0.25, 0.3) is 0 Å². The quantitative estimate of drug-likeness (QED) is 0.848. The van der Waals surface area contributed by atoms with E-state index in [4.69, 9.17) is 9.84 Å². The zero-order valence-corrected chi connectivity index (χ0v) is 14.9. The van der Waals surface area contributed by atoms with Gasteiger partial charge in [0.05, 0.1) is 18.8 Å². The van der Waals surface area contributed by atoms with Crippen LogP contribution in [0.3, 0.4) is 0 Å². The molecule has 0 aliphatic carbocycles. The average molecular weight is 337 g/mol. The second-order valence-corrected chi connectivity index (χ2v) is 6.76. The van der Waals surface area contributed by atoms with Crippen molar-refractivity contribution >= 4 is 11.9 Å². The summed E-state index contributed by atoms with van der Waals surface area (Å²) in [6.07, 6.45) is 0.0745. The fraction of sp³-hybridized carbons (Fsp3) is 0.706. The van der Waals surface area contributed by atoms with E-state index in [2.05, 4.69) is 18.9 Å². The SMILES string of the molecule is Cc1nn(CC(C)C)c(C)c1CCC(=O)N1CCO[C@@H](C(=O)O)C1. The number of carbonyl (C=O) groups excluding carboxylic acids is 1. The lowest BCUT2D eigenvalue weighted by atomic mass is 10.1. The molecule has 1 amide bonds. The summed E-state index contributed by atoms with van der Waals surface area (Å²) >= 11 is 0. The zero-order chi connectivity index (χ0) is 17.9. The van der Waals surface area contributed by atoms with Crippen molar-refractivity contribution < 1.29 is 19.4 Å². The van der Waals surface area contributed by atoms with Gasteiger partial charge in [-0.25, -0.2) is 4.79 Å². The molecule has 1 aromatic heterocycles. The van der Waals surface area contributed by atoms with Gasteiger partial charge in [0, 0.05) is 25.2 Å². The van der Waals surface area contributed by atoms with Gasteiger partial charge in [-0.1, -0.05) is 13.8 Å². The predicted octanol–water partition coefficient (Wildman–Crippen LogP) is 1.40. The number of morpholine rings is 1. The highest BCUT2D eigenvalue weighted by molar-refractivity contribution is 5.79. The van der Waals surface area contributed by atoms with Gasteiger partial charge in [0.15, 0.2) is 6.10 Å². The molecule has 1 aromatic rings. The van der Waals surface area contributed by atoms with Crippen LogP contribution in [0, 0.1) is 19.8 Å². The minimum Gasteiger partial charge on any atom is -0.479 e. The van der Waals surface area contributed by atoms with E-state index in [1.54, 1.807) is 4.90 Å². The molecular weight excluding hydrogens is 310 g/mol. The highest BCUT2D eigenvalue weighted by Gasteiger charge is 2.28. The van der Waals surface area contributed by atoms with E-state index in [1.807, 2.05) is 18.5 Å². The van der Waals surface area contributed by atoms with Crippen LogP contribution in [-0.2, 0) is 27.3 Å². The van der Waals surface area contributed by atoms with Gasteiger partial charge in [-0.2, -0.15) is 5.10 Å². The van der Waals surface area contributed by atoms with E-state index in [0.717, 1.165) is 23.5 Å². The Hall–Kier alpha value is -1.89. The number of amides is 1. The molecule has 2 rings (SSSR count). The smallest absolute Gasteiger partial charge is 0.334 e. The third-order valence-corrected chi connectivity index (χ3v) is 4.35. The maximum absolute atomic E-state index is 12.4. The summed E-state index contributed by atoms with van der Waals surface area (Å²) in [5.41, 5.74) is 3.19. The molecule has 0 aromatic carbocycles. The zero-order valence-electron chi connectivity index (χ0n) is 14.9. The first kappa shape index (κ1) is 18.4. The summed E-state index contributed by atoms with van der Waals surface area (Å²) in [4.78, 5) is 25.0. The molecule has 7 nitrogen and oxygen atoms in total. The first-order chi connectivity index (χ1) is 11.3. The Morgan fingerprint density at radius 2 is 2.08 bits per heavy atom. The monoisotopic (exact) mass is 337 g/mol. The summed E-state index contributed by atoms with van der Waals surface area (Å²) in [5, 5.41) is 13.6. The summed E-state index contributed by atoms with van der Waals surface area (Å²) in [7, 11) is 0. The molecule has 1 aliphatic heterocycles. The fourth-order valence-corrected chi connectivity index (χ4v) is 3.03. The molecule has 0 saturated carbocycles. The minimum absolute atomic E-state index is 0.0278. The third kappa shape index (κ3) is 4.35. The van der Waals surface area contributed by atoms with Gasteiger partial charge in [-0.15, -0.1) is 0 Å². The molecule has 2 heterocycles. The maximum atomic E-state index is 12.4. The molecule has 0 bridgehead atoms. The topological polar surface area (TPSA) is 84.7 Å². The molecule has 24 heavy (non-hydrogen) atoms. The van der Waals surface area contributed by atoms with Gasteiger partial charge >= 0.3 is 5.97 Å². The lowest BCUT2D eigenvalue weighted by Gasteiger charge is -2.31. The van der Waals surface area contributed by atoms with Crippen molar-refractivity contribution in [2.45, 2.75) is 53.2 Å². The molecule has 1 fully saturated rings. The van der Waals surface area contributed by atoms with Crippen molar-refractivity contribution in [1.29, 1.82) is 0 Å². The van der Waals surface area contributed by atoms with Gasteiger partial charge in [0.1, 0.15) is 0 Å². The normalized spacial score (nSPS) is 18.2. The molecule has 0 radical (unpaired) electrons. The number of ether oxygens (including phenoxy) is 1. The Morgan fingerprint density at radius 1 is 1.38 bits per heavy atom. The number of aryl methyl sites for hydroxylation is 1. The van der Waals surface area contributed by atoms with E-state index in [9.17, 15) is 9.59 Å². The number of carbonyl (C=O) groups is 2. The van der Waals surface area contributed by atoms with E-state index >= 15 is 0 Å². The van der Waals surface area contributed by atoms with Crippen molar-refractivity contribution in [1.82, 2.24) is 14.7 Å². The summed E-state index contributed by atoms with van der Waals surface area (Å²) < 4.78 is 7.16. The lowest BCUT2D eigenvalue weighted by Crippen LogP contribution is -2.48. The Balaban J connectivity index is 1.96. The number of nitrogens with zero attached hydrogens (tertiary/aromatic N) is 3. The van der Waals surface area contributed by atoms with Gasteiger partial charge < -0.3 is 14.7 Å². The molecule has 1 N–H and O–H groups in total. The van der Waals surface area contributed by atoms with Crippen LogP contribution in [0.2, 0.25) is 0 Å². The van der Waals surface area contributed by atoms with Crippen molar-refractivity contribution in [2.24, 2.45) is 5.92 Å². The summed E-state index contributed by atoms with van der Waals surface area (Å²) in [6.45, 7) is 10.0. The molecule has 1 aliphatic rings. The third-order valence-electron chi connectivity index (χ3n) is 4.35. The highest BCUT2D eigenvalue weighted by atomic mass is 16.5. The highest BCUT2D eigenvalue weighted by Crippen LogP contribution is 2.17. The number of aromatic nitrogens is 2. The first-order valence-corrected chi connectivity index (χ1v) is 8.44. The number of carboxylic acid groups (broad SMARTS) is 1. The van der Waals surface area contributed by atoms with E-state index in [-0.39, 0.29) is 19.1 Å². The van der Waals surface area contributed by atoms with E-state index in [1.165, 1.54) is 0 Å². The minimum atomic E-state index is -1.02. The Morgan fingerprint density at radius 3 is 2.71 bits per heavy atom. The standard InChI is InChI=1S/C17H27N3O4/c1-11(2)9-20-13(4)14(12(3)18-20)5-6-16(21)19-7-8-24-15(10-19)17(22)23/h11,15H,5-10H2,1-4H3,(H,22,23)/t15-/m1/s1. The number of hydrogen-bond donors (Lipinski definition) is 1. The summed E-state index contributed by atoms with van der Waals surface area (Å²) in [5.74, 6) is -0.534. The van der Waals surface area contributed by atoms with Crippen molar-refractivity contribution in [3.05, 3.63) is 17.0 Å². The molecule has 7 heteroatoms. The number of rotatable bonds is 6. The Kier molecular flexibility index (Phi) is 5.99. The first-order valence-electron chi connectivity index (χ1n) is 8.44. The molecule has 0 unspecified atom stereocenters. The molecule has 1 saturated heterocycles. The van der Waals surface area contributed by atoms with Crippen LogP contribution in [0.5, 0.6) is 0 Å². The molecule has 1 atom stereocenters. The van der Waals surface area contributed by atoms with Crippen LogP contribution in [0.15, 0.2) is 0 Å². The number of hydrogen-bond acceptors (Lipinski definition) is 4. The van der Waals surface area contributed by atoms with E-state index < -0.39 is 12.1 Å². The van der Waals surface area contributed by atoms with Crippen LogP contribution in [-0.4, -0.2) is 57.5 Å². The van der Waals surface area contributed by atoms with Crippen LogP contribution < -0.4 is 0 Å². The van der Waals surface area contributed by atoms with Gasteiger partial charge in [0.2, 0.25) is 5.91 Å². The molecule has 0 spiro atoms. The second-order valence-electron chi connectivity index (χ2n) is 6.76. The largest absolute Gasteiger partial charge is 0.479 e. The molecule has 134 valence electrons. The average Bonchev–Trinajstić information content (AvgIpc) is 2.78. The fourth-order valence-electron chi connectivity index (χ4n) is 3.03. The Bertz CT molecular complexity index is 609. The van der Waals surface area contributed by atoms with Crippen LogP contribution in [0.4, 0.5) is 0 Å². The maximum Gasteiger partial charge on any atom is 0.334 e.